The Labute approximate surface area is 212 Å². The van der Waals surface area contributed by atoms with E-state index in [4.69, 9.17) is 27.9 Å². The number of carbonyl (C=O) groups is 1. The van der Waals surface area contributed by atoms with Gasteiger partial charge in [-0.2, -0.15) is 10.1 Å². The molecular weight excluding hydrogens is 493 g/mol. The van der Waals surface area contributed by atoms with E-state index in [9.17, 15) is 9.90 Å². The van der Waals surface area contributed by atoms with E-state index in [0.29, 0.717) is 28.0 Å². The summed E-state index contributed by atoms with van der Waals surface area (Å²) in [6.07, 6.45) is 6.97. The second-order valence-corrected chi connectivity index (χ2v) is 9.61. The SMILES string of the molecule is CN1CCC(n2cc(Nc3ncc(C(=O)Nc4c(Cl)cccc4Cl)c(OC4CC4)n3)cn2)[C@@H](O)C1. The smallest absolute Gasteiger partial charge is 0.262 e. The number of hydrogen-bond donors (Lipinski definition) is 3. The topological polar surface area (TPSA) is 117 Å². The van der Waals surface area contributed by atoms with E-state index in [2.05, 4.69) is 30.6 Å². The summed E-state index contributed by atoms with van der Waals surface area (Å²) in [7, 11) is 1.99. The average molecular weight is 518 g/mol. The van der Waals surface area contributed by atoms with Crippen LogP contribution in [0.5, 0.6) is 5.88 Å². The Bertz CT molecular complexity index is 1210. The molecule has 184 valence electrons. The monoisotopic (exact) mass is 517 g/mol. The zero-order chi connectivity index (χ0) is 24.5. The number of carbonyl (C=O) groups excluding carboxylic acids is 1. The Kier molecular flexibility index (Phi) is 6.79. The van der Waals surface area contributed by atoms with Crippen LogP contribution in [0.4, 0.5) is 17.3 Å². The first-order valence-corrected chi connectivity index (χ1v) is 12.1. The van der Waals surface area contributed by atoms with Crippen molar-refractivity contribution in [2.45, 2.75) is 37.5 Å². The van der Waals surface area contributed by atoms with Crippen molar-refractivity contribution in [2.24, 2.45) is 0 Å². The largest absolute Gasteiger partial charge is 0.474 e. The molecule has 1 aliphatic heterocycles. The number of anilines is 3. The minimum Gasteiger partial charge on any atom is -0.474 e. The molecule has 3 N–H and O–H groups in total. The molecule has 2 aromatic heterocycles. The molecule has 0 bridgehead atoms. The van der Waals surface area contributed by atoms with Gasteiger partial charge in [-0.1, -0.05) is 29.3 Å². The number of hydrogen-bond acceptors (Lipinski definition) is 8. The molecule has 5 rings (SSSR count). The maximum Gasteiger partial charge on any atom is 0.262 e. The summed E-state index contributed by atoms with van der Waals surface area (Å²) >= 11 is 12.4. The van der Waals surface area contributed by atoms with Crippen LogP contribution < -0.4 is 15.4 Å². The molecule has 1 aliphatic carbocycles. The van der Waals surface area contributed by atoms with Crippen molar-refractivity contribution in [3.63, 3.8) is 0 Å². The van der Waals surface area contributed by atoms with Crippen molar-refractivity contribution in [1.82, 2.24) is 24.6 Å². The van der Waals surface area contributed by atoms with Crippen molar-refractivity contribution in [1.29, 1.82) is 0 Å². The fourth-order valence-electron chi connectivity index (χ4n) is 3.91. The van der Waals surface area contributed by atoms with Crippen LogP contribution in [0.2, 0.25) is 10.0 Å². The van der Waals surface area contributed by atoms with Gasteiger partial charge in [0.05, 0.1) is 39.8 Å². The summed E-state index contributed by atoms with van der Waals surface area (Å²) in [6, 6.07) is 4.87. The summed E-state index contributed by atoms with van der Waals surface area (Å²) < 4.78 is 7.66. The second-order valence-electron chi connectivity index (χ2n) is 8.80. The highest BCUT2D eigenvalue weighted by atomic mass is 35.5. The number of amides is 1. The number of halogens is 2. The first kappa shape index (κ1) is 23.8. The Morgan fingerprint density at radius 3 is 2.69 bits per heavy atom. The Hall–Kier alpha value is -2.92. The van der Waals surface area contributed by atoms with Gasteiger partial charge in [0.1, 0.15) is 11.7 Å². The van der Waals surface area contributed by atoms with Crippen LogP contribution >= 0.6 is 23.2 Å². The molecule has 2 aliphatic rings. The third-order valence-corrected chi connectivity index (χ3v) is 6.58. The third kappa shape index (κ3) is 5.51. The highest BCUT2D eigenvalue weighted by Crippen LogP contribution is 2.33. The number of rotatable bonds is 7. The Balaban J connectivity index is 1.34. The van der Waals surface area contributed by atoms with Crippen LogP contribution in [0.1, 0.15) is 35.7 Å². The minimum absolute atomic E-state index is 0.0156. The number of likely N-dealkylation sites (tertiary alicyclic amines) is 1. The third-order valence-electron chi connectivity index (χ3n) is 5.95. The summed E-state index contributed by atoms with van der Waals surface area (Å²) in [5.74, 6) is -0.0495. The number of aliphatic hydroxyl groups excluding tert-OH is 1. The number of β-amino-alcohol motifs (C(OH)–C–C–N with tert-alkyl or cyclic N) is 1. The molecule has 1 saturated heterocycles. The lowest BCUT2D eigenvalue weighted by atomic mass is 10.0. The van der Waals surface area contributed by atoms with E-state index < -0.39 is 12.0 Å². The molecular formula is C23H25Cl2N7O3. The first-order chi connectivity index (χ1) is 16.9. The van der Waals surface area contributed by atoms with Gasteiger partial charge in [0.15, 0.2) is 0 Å². The predicted molar refractivity (Wildman–Crippen MR) is 133 cm³/mol. The summed E-state index contributed by atoms with van der Waals surface area (Å²) in [5, 5.41) is 21.3. The number of ether oxygens (including phenoxy) is 1. The summed E-state index contributed by atoms with van der Waals surface area (Å²) in [5.41, 5.74) is 1.14. The van der Waals surface area contributed by atoms with Crippen LogP contribution in [-0.4, -0.2) is 68.0 Å². The standard InChI is InChI=1S/C23H25Cl2N7O3/c1-31-8-7-18(19(33)12-31)32-11-13(9-27-32)28-23-26-10-15(22(30-23)35-14-5-6-14)21(34)29-20-16(24)3-2-4-17(20)25/h2-4,9-11,14,18-19,33H,5-8,12H2,1H3,(H,29,34)(H,26,28,30)/t18?,19-/m0/s1. The van der Waals surface area contributed by atoms with Crippen molar-refractivity contribution in [3.8, 4) is 5.88 Å². The van der Waals surface area contributed by atoms with Gasteiger partial charge in [0.25, 0.3) is 5.91 Å². The van der Waals surface area contributed by atoms with Gasteiger partial charge in [-0.25, -0.2) is 4.98 Å². The van der Waals surface area contributed by atoms with Crippen molar-refractivity contribution in [3.05, 3.63) is 52.4 Å². The van der Waals surface area contributed by atoms with Crippen LogP contribution in [0.25, 0.3) is 0 Å². The maximum atomic E-state index is 13.0. The fraction of sp³-hybridized carbons (Fsp3) is 0.391. The van der Waals surface area contributed by atoms with Crippen LogP contribution in [-0.2, 0) is 0 Å². The molecule has 1 amide bonds. The molecule has 1 aromatic carbocycles. The highest BCUT2D eigenvalue weighted by molar-refractivity contribution is 6.40. The first-order valence-electron chi connectivity index (χ1n) is 11.3. The molecule has 10 nitrogen and oxygen atoms in total. The Morgan fingerprint density at radius 2 is 1.97 bits per heavy atom. The molecule has 35 heavy (non-hydrogen) atoms. The normalized spacial score (nSPS) is 20.5. The van der Waals surface area contributed by atoms with Gasteiger partial charge in [-0.15, -0.1) is 0 Å². The molecule has 1 saturated carbocycles. The van der Waals surface area contributed by atoms with Crippen molar-refractivity contribution < 1.29 is 14.6 Å². The molecule has 1 unspecified atom stereocenters. The lowest BCUT2D eigenvalue weighted by molar-refractivity contribution is 0.0332. The van der Waals surface area contributed by atoms with Gasteiger partial charge in [0, 0.05) is 25.5 Å². The number of benzene rings is 1. The van der Waals surface area contributed by atoms with Crippen LogP contribution in [0.15, 0.2) is 36.8 Å². The second kappa shape index (κ2) is 9.98. The quantitative estimate of drug-likeness (QED) is 0.433. The number of piperidine rings is 1. The van der Waals surface area contributed by atoms with Crippen molar-refractivity contribution in [2.75, 3.05) is 30.8 Å². The zero-order valence-corrected chi connectivity index (χ0v) is 20.5. The average Bonchev–Trinajstić information content (AvgIpc) is 3.52. The summed E-state index contributed by atoms with van der Waals surface area (Å²) in [4.78, 5) is 23.8. The van der Waals surface area contributed by atoms with Gasteiger partial charge in [0.2, 0.25) is 11.8 Å². The minimum atomic E-state index is -0.499. The van der Waals surface area contributed by atoms with E-state index in [1.165, 1.54) is 6.20 Å². The number of aliphatic hydroxyl groups is 1. The van der Waals surface area contributed by atoms with E-state index in [1.807, 2.05) is 13.2 Å². The molecule has 2 atom stereocenters. The molecule has 12 heteroatoms. The van der Waals surface area contributed by atoms with Gasteiger partial charge in [-0.05, 0) is 38.4 Å². The van der Waals surface area contributed by atoms with Gasteiger partial charge >= 0.3 is 0 Å². The molecule has 3 aromatic rings. The van der Waals surface area contributed by atoms with Gasteiger partial charge < -0.3 is 25.4 Å². The lowest BCUT2D eigenvalue weighted by Crippen LogP contribution is -2.42. The number of para-hydroxylation sites is 1. The fourth-order valence-corrected chi connectivity index (χ4v) is 4.40. The maximum absolute atomic E-state index is 13.0. The van der Waals surface area contributed by atoms with Crippen LogP contribution in [0.3, 0.4) is 0 Å². The number of aromatic nitrogens is 4. The van der Waals surface area contributed by atoms with Crippen LogP contribution in [0, 0.1) is 0 Å². The van der Waals surface area contributed by atoms with Gasteiger partial charge in [-0.3, -0.25) is 9.48 Å². The number of likely N-dealkylation sites (N-methyl/N-ethyl adjacent to an activating group) is 1. The number of nitrogens with one attached hydrogen (secondary N) is 2. The predicted octanol–water partition coefficient (Wildman–Crippen LogP) is 3.75. The molecule has 0 radical (unpaired) electrons. The van der Waals surface area contributed by atoms with E-state index in [0.717, 1.165) is 25.8 Å². The molecule has 0 spiro atoms. The van der Waals surface area contributed by atoms with E-state index in [1.54, 1.807) is 29.1 Å². The molecule has 3 heterocycles. The van der Waals surface area contributed by atoms with Crippen molar-refractivity contribution >= 4 is 46.4 Å². The van der Waals surface area contributed by atoms with E-state index >= 15 is 0 Å². The van der Waals surface area contributed by atoms with E-state index in [-0.39, 0.29) is 29.5 Å². The summed E-state index contributed by atoms with van der Waals surface area (Å²) in [6.45, 7) is 1.49. The number of nitrogens with zero attached hydrogens (tertiary/aromatic N) is 5. The lowest BCUT2D eigenvalue weighted by Gasteiger charge is -2.33. The highest BCUT2D eigenvalue weighted by Gasteiger charge is 2.29. The Morgan fingerprint density at radius 1 is 1.20 bits per heavy atom. The molecule has 2 fully saturated rings. The zero-order valence-electron chi connectivity index (χ0n) is 19.0.